The van der Waals surface area contributed by atoms with Crippen molar-refractivity contribution in [3.8, 4) is 0 Å². The summed E-state index contributed by atoms with van der Waals surface area (Å²) >= 11 is 0. The van der Waals surface area contributed by atoms with Crippen molar-refractivity contribution in [1.29, 1.82) is 0 Å². The van der Waals surface area contributed by atoms with Gasteiger partial charge in [-0.3, -0.25) is 0 Å². The van der Waals surface area contributed by atoms with Crippen LogP contribution in [0.3, 0.4) is 0 Å². The summed E-state index contributed by atoms with van der Waals surface area (Å²) in [5.74, 6) is 0. The summed E-state index contributed by atoms with van der Waals surface area (Å²) in [6.45, 7) is -0.668. The predicted octanol–water partition coefficient (Wildman–Crippen LogP) is 1.76. The van der Waals surface area contributed by atoms with E-state index in [2.05, 4.69) is 0 Å². The van der Waals surface area contributed by atoms with Crippen LogP contribution in [0.1, 0.15) is 44.9 Å². The monoisotopic (exact) mass is 189 g/mol. The van der Waals surface area contributed by atoms with Crippen LogP contribution in [0.2, 0.25) is 0 Å². The van der Waals surface area contributed by atoms with E-state index in [1.54, 1.807) is 0 Å². The molecule has 0 amide bonds. The van der Waals surface area contributed by atoms with Crippen LogP contribution in [0.4, 0.5) is 4.39 Å². The molecule has 3 heteroatoms. The largest absolute Gasteiger partial charge is 0.390 e. The van der Waals surface area contributed by atoms with E-state index in [1.165, 1.54) is 12.8 Å². The van der Waals surface area contributed by atoms with E-state index < -0.39 is 12.8 Å². The summed E-state index contributed by atoms with van der Waals surface area (Å²) in [4.78, 5) is 0. The molecule has 1 unspecified atom stereocenters. The smallest absolute Gasteiger partial charge is 0.115 e. The van der Waals surface area contributed by atoms with Gasteiger partial charge in [0.1, 0.15) is 6.67 Å². The van der Waals surface area contributed by atoms with Gasteiger partial charge in [-0.1, -0.05) is 25.7 Å². The molecule has 0 aromatic carbocycles. The minimum absolute atomic E-state index is 0.304. The molecule has 2 nitrogen and oxygen atoms in total. The highest BCUT2D eigenvalue weighted by atomic mass is 19.1. The molecular formula is C10H20FNO. The Hall–Kier alpha value is -0.150. The first kappa shape index (κ1) is 10.9. The number of aliphatic hydroxyl groups excluding tert-OH is 1. The molecule has 1 aliphatic rings. The van der Waals surface area contributed by atoms with Crippen molar-refractivity contribution in [3.05, 3.63) is 0 Å². The van der Waals surface area contributed by atoms with Gasteiger partial charge in [0.2, 0.25) is 0 Å². The molecule has 0 aromatic heterocycles. The van der Waals surface area contributed by atoms with Gasteiger partial charge in [0.25, 0.3) is 0 Å². The number of nitrogens with two attached hydrogens (primary N) is 1. The Labute approximate surface area is 79.3 Å². The zero-order valence-electron chi connectivity index (χ0n) is 8.14. The van der Waals surface area contributed by atoms with Crippen LogP contribution in [0.15, 0.2) is 0 Å². The topological polar surface area (TPSA) is 46.2 Å². The molecule has 1 rings (SSSR count). The van der Waals surface area contributed by atoms with E-state index in [0.29, 0.717) is 6.42 Å². The third kappa shape index (κ3) is 3.61. The first-order valence-electron chi connectivity index (χ1n) is 5.19. The molecule has 0 aliphatic heterocycles. The normalized spacial score (nSPS) is 25.2. The molecule has 0 spiro atoms. The van der Waals surface area contributed by atoms with Gasteiger partial charge in [-0.25, -0.2) is 4.39 Å². The van der Waals surface area contributed by atoms with E-state index in [0.717, 1.165) is 25.7 Å². The molecule has 0 aromatic rings. The summed E-state index contributed by atoms with van der Waals surface area (Å²) in [7, 11) is 0. The first-order chi connectivity index (χ1) is 6.16. The summed E-state index contributed by atoms with van der Waals surface area (Å²) in [6.07, 6.45) is 6.13. The molecule has 1 fully saturated rings. The second kappa shape index (κ2) is 4.91. The average Bonchev–Trinajstić information content (AvgIpc) is 2.30. The van der Waals surface area contributed by atoms with E-state index in [1.807, 2.05) is 0 Å². The number of hydrogen-bond acceptors (Lipinski definition) is 2. The zero-order chi connectivity index (χ0) is 9.73. The molecule has 13 heavy (non-hydrogen) atoms. The van der Waals surface area contributed by atoms with Gasteiger partial charge in [0, 0.05) is 5.54 Å². The van der Waals surface area contributed by atoms with Crippen LogP contribution in [0.25, 0.3) is 0 Å². The fourth-order valence-corrected chi connectivity index (χ4v) is 2.16. The van der Waals surface area contributed by atoms with Crippen LogP contribution in [-0.2, 0) is 0 Å². The number of aliphatic hydroxyl groups is 1. The van der Waals surface area contributed by atoms with Crippen LogP contribution < -0.4 is 5.73 Å². The molecule has 1 aliphatic carbocycles. The lowest BCUT2D eigenvalue weighted by molar-refractivity contribution is 0.0986. The van der Waals surface area contributed by atoms with Gasteiger partial charge >= 0.3 is 0 Å². The summed E-state index contributed by atoms with van der Waals surface area (Å²) in [6, 6.07) is 0. The van der Waals surface area contributed by atoms with Crippen LogP contribution in [0.5, 0.6) is 0 Å². The highest BCUT2D eigenvalue weighted by Crippen LogP contribution is 2.28. The number of rotatable bonds is 3. The molecular weight excluding hydrogens is 169 g/mol. The highest BCUT2D eigenvalue weighted by molar-refractivity contribution is 4.88. The van der Waals surface area contributed by atoms with E-state index in [4.69, 9.17) is 5.73 Å². The lowest BCUT2D eigenvalue weighted by atomic mass is 9.86. The van der Waals surface area contributed by atoms with Gasteiger partial charge < -0.3 is 10.8 Å². The van der Waals surface area contributed by atoms with Crippen molar-refractivity contribution < 1.29 is 9.50 Å². The number of alkyl halides is 1. The maximum absolute atomic E-state index is 12.1. The average molecular weight is 189 g/mol. The van der Waals surface area contributed by atoms with E-state index in [-0.39, 0.29) is 5.54 Å². The molecule has 3 N–H and O–H groups in total. The van der Waals surface area contributed by atoms with Gasteiger partial charge in [0.15, 0.2) is 0 Å². The van der Waals surface area contributed by atoms with Crippen molar-refractivity contribution in [3.63, 3.8) is 0 Å². The Morgan fingerprint density at radius 2 is 1.77 bits per heavy atom. The first-order valence-corrected chi connectivity index (χ1v) is 5.19. The van der Waals surface area contributed by atoms with Crippen molar-refractivity contribution in [2.24, 2.45) is 5.73 Å². The molecule has 0 bridgehead atoms. The standard InChI is InChI=1S/C10H20FNO/c11-8-9(13)7-10(12)5-3-1-2-4-6-10/h9,13H,1-8,12H2. The van der Waals surface area contributed by atoms with Crippen molar-refractivity contribution in [1.82, 2.24) is 0 Å². The second-order valence-corrected chi connectivity index (χ2v) is 4.29. The maximum atomic E-state index is 12.1. The number of halogens is 1. The van der Waals surface area contributed by atoms with Gasteiger partial charge in [-0.05, 0) is 19.3 Å². The molecule has 1 saturated carbocycles. The Bertz CT molecular complexity index is 144. The van der Waals surface area contributed by atoms with Crippen LogP contribution in [-0.4, -0.2) is 23.4 Å². The summed E-state index contributed by atoms with van der Waals surface area (Å²) < 4.78 is 12.1. The Balaban J connectivity index is 2.41. The molecule has 1 atom stereocenters. The third-order valence-corrected chi connectivity index (χ3v) is 2.92. The highest BCUT2D eigenvalue weighted by Gasteiger charge is 2.28. The molecule has 78 valence electrons. The van der Waals surface area contributed by atoms with Crippen LogP contribution >= 0.6 is 0 Å². The van der Waals surface area contributed by atoms with Gasteiger partial charge in [-0.15, -0.1) is 0 Å². The van der Waals surface area contributed by atoms with Crippen molar-refractivity contribution in [2.75, 3.05) is 6.67 Å². The number of hydrogen-bond donors (Lipinski definition) is 2. The van der Waals surface area contributed by atoms with E-state index >= 15 is 0 Å². The minimum atomic E-state index is -0.858. The summed E-state index contributed by atoms with van der Waals surface area (Å²) in [5, 5.41) is 9.21. The molecule has 0 heterocycles. The van der Waals surface area contributed by atoms with Crippen LogP contribution in [0, 0.1) is 0 Å². The lowest BCUT2D eigenvalue weighted by Gasteiger charge is -2.29. The minimum Gasteiger partial charge on any atom is -0.390 e. The van der Waals surface area contributed by atoms with Crippen molar-refractivity contribution >= 4 is 0 Å². The Morgan fingerprint density at radius 3 is 2.23 bits per heavy atom. The van der Waals surface area contributed by atoms with Gasteiger partial charge in [0.05, 0.1) is 6.10 Å². The Kier molecular flexibility index (Phi) is 4.13. The fourth-order valence-electron chi connectivity index (χ4n) is 2.16. The quantitative estimate of drug-likeness (QED) is 0.664. The van der Waals surface area contributed by atoms with E-state index in [9.17, 15) is 9.50 Å². The lowest BCUT2D eigenvalue weighted by Crippen LogP contribution is -2.42. The van der Waals surface area contributed by atoms with Crippen molar-refractivity contribution in [2.45, 2.75) is 56.6 Å². The van der Waals surface area contributed by atoms with Gasteiger partial charge in [-0.2, -0.15) is 0 Å². The SMILES string of the molecule is NC1(CC(O)CF)CCCCCC1. The maximum Gasteiger partial charge on any atom is 0.115 e. The molecule has 0 saturated heterocycles. The second-order valence-electron chi connectivity index (χ2n) is 4.29. The third-order valence-electron chi connectivity index (χ3n) is 2.92. The fraction of sp³-hybridized carbons (Fsp3) is 1.00. The predicted molar refractivity (Wildman–Crippen MR) is 51.2 cm³/mol. The Morgan fingerprint density at radius 1 is 1.23 bits per heavy atom. The zero-order valence-corrected chi connectivity index (χ0v) is 8.14. The summed E-state index contributed by atoms with van der Waals surface area (Å²) in [5.41, 5.74) is 5.81. The molecule has 0 radical (unpaired) electrons.